The van der Waals surface area contributed by atoms with Crippen molar-refractivity contribution in [1.29, 1.82) is 0 Å². The highest BCUT2D eigenvalue weighted by atomic mass is 35.6. The first-order chi connectivity index (χ1) is 4.73. The van der Waals surface area contributed by atoms with E-state index in [1.54, 1.807) is 5.06 Å². The highest BCUT2D eigenvalue weighted by molar-refractivity contribution is 6.68. The summed E-state index contributed by atoms with van der Waals surface area (Å²) in [7, 11) is 0. The van der Waals surface area contributed by atoms with Crippen molar-refractivity contribution in [3.63, 3.8) is 0 Å². The summed E-state index contributed by atoms with van der Waals surface area (Å²) < 4.78 is -1.34. The molecule has 2 nitrogen and oxygen atoms in total. The van der Waals surface area contributed by atoms with Crippen molar-refractivity contribution < 1.29 is 4.84 Å². The molecule has 0 aromatic carbocycles. The van der Waals surface area contributed by atoms with Gasteiger partial charge in [0.05, 0.1) is 0 Å². The van der Waals surface area contributed by atoms with Gasteiger partial charge in [0.25, 0.3) is 0 Å². The Kier molecular flexibility index (Phi) is 2.37. The molecule has 0 radical (unpaired) electrons. The van der Waals surface area contributed by atoms with E-state index >= 15 is 0 Å². The van der Waals surface area contributed by atoms with E-state index in [1.807, 2.05) is 20.8 Å². The Morgan fingerprint density at radius 1 is 1.18 bits per heavy atom. The molecule has 0 N–H and O–H groups in total. The van der Waals surface area contributed by atoms with Gasteiger partial charge in [-0.25, -0.2) is 0 Å². The van der Waals surface area contributed by atoms with Crippen molar-refractivity contribution in [1.82, 2.24) is 5.06 Å². The summed E-state index contributed by atoms with van der Waals surface area (Å²) in [6, 6.07) is 0. The summed E-state index contributed by atoms with van der Waals surface area (Å²) in [6.07, 6.45) is -0.396. The van der Waals surface area contributed by atoms with Gasteiger partial charge in [0.15, 0.2) is 0 Å². The van der Waals surface area contributed by atoms with E-state index in [-0.39, 0.29) is 5.54 Å². The number of hydroxylamine groups is 2. The normalized spacial score (nSPS) is 32.2. The fourth-order valence-electron chi connectivity index (χ4n) is 0.783. The Labute approximate surface area is 81.3 Å². The number of hydrogen-bond donors (Lipinski definition) is 0. The summed E-state index contributed by atoms with van der Waals surface area (Å²) in [5.41, 5.74) is -0.103. The lowest BCUT2D eigenvalue weighted by atomic mass is 10.1. The third-order valence-corrected chi connectivity index (χ3v) is 1.88. The molecule has 1 saturated heterocycles. The quantitative estimate of drug-likeness (QED) is 0.459. The fraction of sp³-hybridized carbons (Fsp3) is 1.00. The van der Waals surface area contributed by atoms with Crippen LogP contribution in [0.2, 0.25) is 0 Å². The zero-order chi connectivity index (χ0) is 8.86. The Morgan fingerprint density at radius 3 is 1.73 bits per heavy atom. The van der Waals surface area contributed by atoms with Gasteiger partial charge in [-0.05, 0) is 20.8 Å². The maximum absolute atomic E-state index is 5.60. The molecule has 1 heterocycles. The van der Waals surface area contributed by atoms with Crippen LogP contribution in [0.4, 0.5) is 0 Å². The standard InChI is InChI=1S/C6H10Cl3NO/c1-5(2,3)10-4(11-10)6(7,8)9/h4H,1-3H3/t4-,10?/m1/s1. The van der Waals surface area contributed by atoms with Crippen molar-refractivity contribution in [3.05, 3.63) is 0 Å². The van der Waals surface area contributed by atoms with Crippen molar-refractivity contribution in [3.8, 4) is 0 Å². The summed E-state index contributed by atoms with van der Waals surface area (Å²) >= 11 is 16.8. The topological polar surface area (TPSA) is 15.5 Å². The molecule has 5 heteroatoms. The number of alkyl halides is 3. The van der Waals surface area contributed by atoms with Crippen molar-refractivity contribution in [2.24, 2.45) is 0 Å². The van der Waals surface area contributed by atoms with Gasteiger partial charge in [-0.15, -0.1) is 5.06 Å². The third kappa shape index (κ3) is 2.36. The molecule has 0 aromatic rings. The van der Waals surface area contributed by atoms with Gasteiger partial charge >= 0.3 is 0 Å². The number of rotatable bonds is 0. The smallest absolute Gasteiger partial charge is 0.233 e. The first-order valence-electron chi connectivity index (χ1n) is 3.26. The zero-order valence-corrected chi connectivity index (χ0v) is 8.83. The second-order valence-corrected chi connectivity index (χ2v) is 5.86. The number of nitrogens with zero attached hydrogens (tertiary/aromatic N) is 1. The van der Waals surface area contributed by atoms with Crippen molar-refractivity contribution in [2.45, 2.75) is 36.3 Å². The molecule has 1 rings (SSSR count). The summed E-state index contributed by atoms with van der Waals surface area (Å²) in [6.45, 7) is 5.97. The Bertz CT molecular complexity index is 142. The lowest BCUT2D eigenvalue weighted by Gasteiger charge is -2.18. The third-order valence-electron chi connectivity index (χ3n) is 1.32. The van der Waals surface area contributed by atoms with E-state index in [0.29, 0.717) is 0 Å². The van der Waals surface area contributed by atoms with Gasteiger partial charge < -0.3 is 0 Å². The lowest BCUT2D eigenvalue weighted by molar-refractivity contribution is 0.101. The number of halogens is 3. The summed E-state index contributed by atoms with van der Waals surface area (Å²) in [5, 5.41) is 1.67. The Morgan fingerprint density at radius 2 is 1.64 bits per heavy atom. The maximum Gasteiger partial charge on any atom is 0.233 e. The van der Waals surface area contributed by atoms with Crippen LogP contribution < -0.4 is 0 Å². The maximum atomic E-state index is 5.60. The molecular weight excluding hydrogens is 208 g/mol. The largest absolute Gasteiger partial charge is 0.270 e. The molecule has 11 heavy (non-hydrogen) atoms. The molecule has 1 aliphatic rings. The lowest BCUT2D eigenvalue weighted by Crippen LogP contribution is -2.31. The molecule has 0 aliphatic carbocycles. The summed E-state index contributed by atoms with van der Waals surface area (Å²) in [4.78, 5) is 5.08. The molecule has 0 bridgehead atoms. The van der Waals surface area contributed by atoms with E-state index in [0.717, 1.165) is 0 Å². The van der Waals surface area contributed by atoms with Gasteiger partial charge in [0, 0.05) is 5.54 Å². The van der Waals surface area contributed by atoms with E-state index in [2.05, 4.69) is 0 Å². The first-order valence-corrected chi connectivity index (χ1v) is 4.39. The van der Waals surface area contributed by atoms with E-state index < -0.39 is 10.0 Å². The van der Waals surface area contributed by atoms with E-state index in [4.69, 9.17) is 39.6 Å². The molecule has 66 valence electrons. The monoisotopic (exact) mass is 217 g/mol. The van der Waals surface area contributed by atoms with Crippen LogP contribution in [-0.4, -0.2) is 20.6 Å². The van der Waals surface area contributed by atoms with Crippen LogP contribution in [-0.2, 0) is 4.84 Å². The van der Waals surface area contributed by atoms with Crippen LogP contribution >= 0.6 is 34.8 Å². The van der Waals surface area contributed by atoms with Crippen LogP contribution in [0, 0.1) is 0 Å². The van der Waals surface area contributed by atoms with E-state index in [1.165, 1.54) is 0 Å². The number of hydrogen-bond acceptors (Lipinski definition) is 2. The molecule has 0 saturated carbocycles. The second kappa shape index (κ2) is 2.64. The van der Waals surface area contributed by atoms with Crippen LogP contribution in [0.25, 0.3) is 0 Å². The average molecular weight is 219 g/mol. The predicted octanol–water partition coefficient (Wildman–Crippen LogP) is 2.73. The zero-order valence-electron chi connectivity index (χ0n) is 6.57. The minimum absolute atomic E-state index is 0.103. The molecule has 1 aliphatic heterocycles. The average Bonchev–Trinajstić information content (AvgIpc) is 2.30. The minimum Gasteiger partial charge on any atom is -0.270 e. The van der Waals surface area contributed by atoms with Gasteiger partial charge in [0.2, 0.25) is 10.0 Å². The second-order valence-electron chi connectivity index (χ2n) is 3.50. The molecule has 2 atom stereocenters. The highest BCUT2D eigenvalue weighted by Crippen LogP contribution is 2.45. The van der Waals surface area contributed by atoms with Crippen LogP contribution in [0.5, 0.6) is 0 Å². The van der Waals surface area contributed by atoms with Crippen LogP contribution in [0.15, 0.2) is 0 Å². The molecule has 0 amide bonds. The van der Waals surface area contributed by atoms with Crippen LogP contribution in [0.3, 0.4) is 0 Å². The van der Waals surface area contributed by atoms with Gasteiger partial charge in [-0.1, -0.05) is 34.8 Å². The fourth-order valence-corrected chi connectivity index (χ4v) is 1.17. The Balaban J connectivity index is 2.51. The van der Waals surface area contributed by atoms with Crippen LogP contribution in [0.1, 0.15) is 20.8 Å². The molecule has 1 unspecified atom stereocenters. The highest BCUT2D eigenvalue weighted by Gasteiger charge is 2.56. The molecule has 0 spiro atoms. The van der Waals surface area contributed by atoms with E-state index in [9.17, 15) is 0 Å². The van der Waals surface area contributed by atoms with Crippen molar-refractivity contribution >= 4 is 34.8 Å². The SMILES string of the molecule is CC(C)(C)N1O[C@@H]1C(Cl)(Cl)Cl. The Hall–Kier alpha value is 0.790. The summed E-state index contributed by atoms with van der Waals surface area (Å²) in [5.74, 6) is 0. The molecule has 0 aromatic heterocycles. The van der Waals surface area contributed by atoms with Gasteiger partial charge in [-0.2, -0.15) is 0 Å². The minimum atomic E-state index is -1.34. The molecular formula is C6H10Cl3NO. The predicted molar refractivity (Wildman–Crippen MR) is 46.8 cm³/mol. The molecule has 1 fully saturated rings. The van der Waals surface area contributed by atoms with Gasteiger partial charge in [0.1, 0.15) is 0 Å². The van der Waals surface area contributed by atoms with Gasteiger partial charge in [-0.3, -0.25) is 4.84 Å². The van der Waals surface area contributed by atoms with Crippen molar-refractivity contribution in [2.75, 3.05) is 0 Å². The first kappa shape index (κ1) is 9.87.